The van der Waals surface area contributed by atoms with Crippen molar-refractivity contribution >= 4 is 29.1 Å². The molecule has 4 nitrogen and oxygen atoms in total. The first kappa shape index (κ1) is 14.2. The van der Waals surface area contributed by atoms with Crippen LogP contribution in [0.15, 0.2) is 27.6 Å². The van der Waals surface area contributed by atoms with Crippen molar-refractivity contribution in [3.63, 3.8) is 0 Å². The minimum atomic E-state index is -0.134. The predicted molar refractivity (Wildman–Crippen MR) is 78.4 cm³/mol. The first-order chi connectivity index (χ1) is 8.86. The number of nitrogens with zero attached hydrogens (tertiary/aromatic N) is 2. The molecule has 0 amide bonds. The van der Waals surface area contributed by atoms with Crippen LogP contribution >= 0.6 is 23.4 Å². The number of rotatable bonds is 3. The lowest BCUT2D eigenvalue weighted by atomic mass is 9.97. The van der Waals surface area contributed by atoms with Crippen LogP contribution in [0.2, 0.25) is 5.02 Å². The summed E-state index contributed by atoms with van der Waals surface area (Å²) in [6, 6.07) is 5.40. The van der Waals surface area contributed by atoms with Crippen molar-refractivity contribution in [2.45, 2.75) is 36.8 Å². The van der Waals surface area contributed by atoms with Crippen LogP contribution in [-0.4, -0.2) is 10.1 Å². The fourth-order valence-electron chi connectivity index (χ4n) is 1.39. The van der Waals surface area contributed by atoms with Gasteiger partial charge in [0.25, 0.3) is 0 Å². The van der Waals surface area contributed by atoms with Crippen molar-refractivity contribution in [3.05, 3.63) is 34.9 Å². The Morgan fingerprint density at radius 2 is 2.11 bits per heavy atom. The Bertz CT molecular complexity index is 578. The number of hydrogen-bond donors (Lipinski definition) is 1. The molecule has 0 bridgehead atoms. The molecule has 0 aliphatic carbocycles. The molecule has 1 aromatic heterocycles. The maximum atomic E-state index is 5.94. The zero-order valence-electron chi connectivity index (χ0n) is 11.1. The summed E-state index contributed by atoms with van der Waals surface area (Å²) in [5.41, 5.74) is 6.45. The second-order valence-corrected chi connectivity index (χ2v) is 6.69. The Morgan fingerprint density at radius 1 is 1.37 bits per heavy atom. The number of nitrogens with two attached hydrogens (primary N) is 1. The van der Waals surface area contributed by atoms with Gasteiger partial charge in [-0.25, -0.2) is 0 Å². The molecule has 1 aromatic carbocycles. The highest BCUT2D eigenvalue weighted by Gasteiger charge is 2.21. The average molecular weight is 298 g/mol. The van der Waals surface area contributed by atoms with Crippen LogP contribution in [-0.2, 0) is 11.2 Å². The van der Waals surface area contributed by atoms with E-state index in [4.69, 9.17) is 21.9 Å². The third-order valence-electron chi connectivity index (χ3n) is 2.44. The summed E-state index contributed by atoms with van der Waals surface area (Å²) >= 11 is 7.49. The molecule has 0 fully saturated rings. The van der Waals surface area contributed by atoms with E-state index in [-0.39, 0.29) is 5.41 Å². The molecule has 0 atom stereocenters. The van der Waals surface area contributed by atoms with Gasteiger partial charge in [0.1, 0.15) is 0 Å². The molecular weight excluding hydrogens is 282 g/mol. The van der Waals surface area contributed by atoms with Crippen molar-refractivity contribution in [2.75, 3.05) is 5.73 Å². The zero-order chi connectivity index (χ0) is 14.0. The van der Waals surface area contributed by atoms with Crippen LogP contribution in [0.5, 0.6) is 0 Å². The summed E-state index contributed by atoms with van der Waals surface area (Å²) in [6.45, 7) is 6.10. The van der Waals surface area contributed by atoms with Gasteiger partial charge in [-0.2, -0.15) is 4.98 Å². The molecule has 0 aliphatic rings. The van der Waals surface area contributed by atoms with Crippen LogP contribution in [0.1, 0.15) is 32.5 Å². The molecule has 2 rings (SSSR count). The van der Waals surface area contributed by atoms with Crippen molar-refractivity contribution in [2.24, 2.45) is 0 Å². The van der Waals surface area contributed by atoms with Gasteiger partial charge in [0, 0.05) is 21.0 Å². The normalized spacial score (nSPS) is 11.8. The molecule has 0 saturated heterocycles. The van der Waals surface area contributed by atoms with Gasteiger partial charge in [0.2, 0.25) is 5.89 Å². The molecule has 0 saturated carbocycles. The Hall–Kier alpha value is -1.20. The molecule has 6 heteroatoms. The SMILES string of the molecule is CC(C)(C)c1nc(CSc2cc(Cl)ccc2N)no1. The second-order valence-electron chi connectivity index (χ2n) is 5.24. The van der Waals surface area contributed by atoms with E-state index < -0.39 is 0 Å². The van der Waals surface area contributed by atoms with Crippen molar-refractivity contribution in [3.8, 4) is 0 Å². The van der Waals surface area contributed by atoms with Crippen LogP contribution in [0.3, 0.4) is 0 Å². The molecule has 0 unspecified atom stereocenters. The lowest BCUT2D eigenvalue weighted by Gasteiger charge is -2.10. The van der Waals surface area contributed by atoms with Gasteiger partial charge in [-0.05, 0) is 18.2 Å². The van der Waals surface area contributed by atoms with E-state index in [2.05, 4.69) is 10.1 Å². The lowest BCUT2D eigenvalue weighted by molar-refractivity contribution is 0.319. The van der Waals surface area contributed by atoms with Gasteiger partial charge in [-0.3, -0.25) is 0 Å². The highest BCUT2D eigenvalue weighted by molar-refractivity contribution is 7.98. The maximum absolute atomic E-state index is 5.94. The van der Waals surface area contributed by atoms with Gasteiger partial charge in [0.15, 0.2) is 5.82 Å². The van der Waals surface area contributed by atoms with E-state index in [1.807, 2.05) is 26.8 Å². The van der Waals surface area contributed by atoms with Crippen LogP contribution in [0.4, 0.5) is 5.69 Å². The topological polar surface area (TPSA) is 64.9 Å². The minimum absolute atomic E-state index is 0.134. The summed E-state index contributed by atoms with van der Waals surface area (Å²) in [6.07, 6.45) is 0. The Morgan fingerprint density at radius 3 is 2.74 bits per heavy atom. The van der Waals surface area contributed by atoms with Crippen LogP contribution < -0.4 is 5.73 Å². The standard InChI is InChI=1S/C13H16ClN3OS/c1-13(2,3)12-16-11(17-18-12)7-19-10-6-8(14)4-5-9(10)15/h4-6H,7,15H2,1-3H3. The predicted octanol–water partition coefficient (Wildman–Crippen LogP) is 3.90. The highest BCUT2D eigenvalue weighted by atomic mass is 35.5. The van der Waals surface area contributed by atoms with Gasteiger partial charge < -0.3 is 10.3 Å². The molecule has 2 aromatic rings. The maximum Gasteiger partial charge on any atom is 0.232 e. The second kappa shape index (κ2) is 5.43. The van der Waals surface area contributed by atoms with Crippen molar-refractivity contribution < 1.29 is 4.52 Å². The van der Waals surface area contributed by atoms with Crippen LogP contribution in [0.25, 0.3) is 0 Å². The molecule has 2 N–H and O–H groups in total. The van der Waals surface area contributed by atoms with Crippen molar-refractivity contribution in [1.82, 2.24) is 10.1 Å². The Kier molecular flexibility index (Phi) is 4.06. The van der Waals surface area contributed by atoms with Crippen molar-refractivity contribution in [1.29, 1.82) is 0 Å². The molecule has 102 valence electrons. The first-order valence-electron chi connectivity index (χ1n) is 5.87. The number of nitrogen functional groups attached to an aromatic ring is 1. The van der Waals surface area contributed by atoms with E-state index in [1.54, 1.807) is 23.9 Å². The lowest BCUT2D eigenvalue weighted by Crippen LogP contribution is -2.11. The van der Waals surface area contributed by atoms with E-state index in [9.17, 15) is 0 Å². The van der Waals surface area contributed by atoms with Gasteiger partial charge in [-0.15, -0.1) is 11.8 Å². The van der Waals surface area contributed by atoms with E-state index >= 15 is 0 Å². The number of aromatic nitrogens is 2. The van der Waals surface area contributed by atoms with E-state index in [0.29, 0.717) is 28.2 Å². The van der Waals surface area contributed by atoms with Gasteiger partial charge in [0.05, 0.1) is 5.75 Å². The zero-order valence-corrected chi connectivity index (χ0v) is 12.7. The fraction of sp³-hybridized carbons (Fsp3) is 0.385. The van der Waals surface area contributed by atoms with E-state index in [1.165, 1.54) is 0 Å². The summed E-state index contributed by atoms with van der Waals surface area (Å²) in [4.78, 5) is 5.30. The average Bonchev–Trinajstić information content (AvgIpc) is 2.79. The first-order valence-corrected chi connectivity index (χ1v) is 7.23. The summed E-state index contributed by atoms with van der Waals surface area (Å²) in [5.74, 6) is 1.90. The molecule has 0 radical (unpaired) electrons. The minimum Gasteiger partial charge on any atom is -0.398 e. The fourth-order valence-corrected chi connectivity index (χ4v) is 2.48. The molecule has 0 aliphatic heterocycles. The quantitative estimate of drug-likeness (QED) is 0.687. The number of thioether (sulfide) groups is 1. The van der Waals surface area contributed by atoms with Crippen LogP contribution in [0, 0.1) is 0 Å². The third kappa shape index (κ3) is 3.64. The molecular formula is C13H16ClN3OS. The summed E-state index contributed by atoms with van der Waals surface area (Å²) in [5, 5.41) is 4.64. The van der Waals surface area contributed by atoms with Gasteiger partial charge >= 0.3 is 0 Å². The molecule has 0 spiro atoms. The van der Waals surface area contributed by atoms with E-state index in [0.717, 1.165) is 4.90 Å². The Balaban J connectivity index is 2.06. The molecule has 19 heavy (non-hydrogen) atoms. The number of benzene rings is 1. The largest absolute Gasteiger partial charge is 0.398 e. The number of anilines is 1. The third-order valence-corrected chi connectivity index (χ3v) is 3.74. The molecule has 1 heterocycles. The number of hydrogen-bond acceptors (Lipinski definition) is 5. The smallest absolute Gasteiger partial charge is 0.232 e. The summed E-state index contributed by atoms with van der Waals surface area (Å²) in [7, 11) is 0. The Labute approximate surface area is 121 Å². The van der Waals surface area contributed by atoms with Gasteiger partial charge in [-0.1, -0.05) is 37.5 Å². The number of halogens is 1. The monoisotopic (exact) mass is 297 g/mol. The highest BCUT2D eigenvalue weighted by Crippen LogP contribution is 2.30. The summed E-state index contributed by atoms with van der Waals surface area (Å²) < 4.78 is 5.24.